The van der Waals surface area contributed by atoms with Crippen molar-refractivity contribution >= 4 is 16.0 Å². The van der Waals surface area contributed by atoms with Crippen LogP contribution in [0.15, 0.2) is 0 Å². The molecule has 0 bridgehead atoms. The Bertz CT molecular complexity index is 408. The summed E-state index contributed by atoms with van der Waals surface area (Å²) in [5.41, 5.74) is -1.56. The van der Waals surface area contributed by atoms with E-state index in [0.717, 1.165) is 4.31 Å². The predicted molar refractivity (Wildman–Crippen MR) is 58.1 cm³/mol. The third-order valence-electron chi connectivity index (χ3n) is 2.37. The highest BCUT2D eigenvalue weighted by atomic mass is 32.2. The zero-order chi connectivity index (χ0) is 13.1. The fourth-order valence-electron chi connectivity index (χ4n) is 1.26. The average Bonchev–Trinajstić information content (AvgIpc) is 2.16. The molecule has 0 aromatic rings. The Morgan fingerprint density at radius 3 is 2.25 bits per heavy atom. The second kappa shape index (κ2) is 4.80. The van der Waals surface area contributed by atoms with Crippen LogP contribution < -0.4 is 0 Å². The topological polar surface area (TPSA) is 98.5 Å². The summed E-state index contributed by atoms with van der Waals surface area (Å²) in [5, 5.41) is 16.3. The molecule has 0 fully saturated rings. The summed E-state index contributed by atoms with van der Waals surface area (Å²) in [7, 11) is -3.91. The largest absolute Gasteiger partial charge is 0.480 e. The second-order valence-corrected chi connectivity index (χ2v) is 6.02. The Morgan fingerprint density at radius 2 is 2.00 bits per heavy atom. The molecule has 0 spiro atoms. The number of rotatable bonds is 5. The lowest BCUT2D eigenvalue weighted by molar-refractivity contribution is -0.146. The van der Waals surface area contributed by atoms with Crippen molar-refractivity contribution in [3.05, 3.63) is 0 Å². The first-order valence-electron chi connectivity index (χ1n) is 4.77. The maximum Gasteiger partial charge on any atom is 0.324 e. The molecule has 1 N–H and O–H groups in total. The van der Waals surface area contributed by atoms with Crippen LogP contribution in [0.4, 0.5) is 0 Å². The highest BCUT2D eigenvalue weighted by Gasteiger charge is 2.43. The van der Waals surface area contributed by atoms with Crippen LogP contribution in [0.1, 0.15) is 27.7 Å². The van der Waals surface area contributed by atoms with Crippen LogP contribution in [-0.4, -0.2) is 41.1 Å². The number of hydrogen-bond acceptors (Lipinski definition) is 4. The Balaban J connectivity index is 5.51. The van der Waals surface area contributed by atoms with E-state index in [1.54, 1.807) is 6.07 Å². The van der Waals surface area contributed by atoms with Crippen LogP contribution in [0, 0.1) is 11.3 Å². The fraction of sp³-hybridized carbons (Fsp3) is 0.778. The van der Waals surface area contributed by atoms with Crippen LogP contribution in [0.2, 0.25) is 0 Å². The molecule has 1 unspecified atom stereocenters. The minimum Gasteiger partial charge on any atom is -0.480 e. The smallest absolute Gasteiger partial charge is 0.324 e. The third-order valence-corrected chi connectivity index (χ3v) is 4.70. The van der Waals surface area contributed by atoms with Crippen molar-refractivity contribution in [1.82, 2.24) is 4.31 Å². The molecule has 16 heavy (non-hydrogen) atoms. The van der Waals surface area contributed by atoms with E-state index >= 15 is 0 Å². The lowest BCUT2D eigenvalue weighted by Crippen LogP contribution is -2.54. The van der Waals surface area contributed by atoms with Gasteiger partial charge in [0.15, 0.2) is 5.25 Å². The summed E-state index contributed by atoms with van der Waals surface area (Å²) in [6, 6.07) is 1.61. The molecule has 0 aromatic carbocycles. The molecule has 0 aliphatic carbocycles. The van der Waals surface area contributed by atoms with Gasteiger partial charge in [0.1, 0.15) is 5.54 Å². The molecule has 0 saturated heterocycles. The van der Waals surface area contributed by atoms with E-state index in [-0.39, 0.29) is 6.54 Å². The lowest BCUT2D eigenvalue weighted by atomic mass is 10.1. The minimum absolute atomic E-state index is 0.00759. The van der Waals surface area contributed by atoms with E-state index in [2.05, 4.69) is 0 Å². The van der Waals surface area contributed by atoms with Gasteiger partial charge in [0.2, 0.25) is 10.0 Å². The Kier molecular flexibility index (Phi) is 4.46. The first-order chi connectivity index (χ1) is 7.12. The van der Waals surface area contributed by atoms with Crippen LogP contribution in [0.5, 0.6) is 0 Å². The minimum atomic E-state index is -3.91. The van der Waals surface area contributed by atoms with Crippen molar-refractivity contribution in [2.45, 2.75) is 38.5 Å². The van der Waals surface area contributed by atoms with E-state index in [4.69, 9.17) is 10.4 Å². The van der Waals surface area contributed by atoms with Crippen molar-refractivity contribution in [3.8, 4) is 6.07 Å². The second-order valence-electron chi connectivity index (χ2n) is 3.85. The van der Waals surface area contributed by atoms with Crippen molar-refractivity contribution < 1.29 is 18.3 Å². The molecular weight excluding hydrogens is 232 g/mol. The van der Waals surface area contributed by atoms with Gasteiger partial charge in [-0.15, -0.1) is 0 Å². The van der Waals surface area contributed by atoms with Gasteiger partial charge in [0.25, 0.3) is 0 Å². The summed E-state index contributed by atoms with van der Waals surface area (Å²) in [6.45, 7) is 5.36. The lowest BCUT2D eigenvalue weighted by Gasteiger charge is -2.33. The van der Waals surface area contributed by atoms with Gasteiger partial charge in [-0.3, -0.25) is 4.79 Å². The number of sulfonamides is 1. The number of carboxylic acids is 1. The van der Waals surface area contributed by atoms with E-state index in [1.807, 2.05) is 0 Å². The molecule has 0 aromatic heterocycles. The van der Waals surface area contributed by atoms with Gasteiger partial charge in [-0.1, -0.05) is 6.92 Å². The van der Waals surface area contributed by atoms with Crippen molar-refractivity contribution in [1.29, 1.82) is 5.26 Å². The molecule has 0 amide bonds. The number of hydrogen-bond donors (Lipinski definition) is 1. The van der Waals surface area contributed by atoms with E-state index < -0.39 is 26.8 Å². The van der Waals surface area contributed by atoms with Gasteiger partial charge in [-0.2, -0.15) is 9.57 Å². The van der Waals surface area contributed by atoms with Crippen LogP contribution >= 0.6 is 0 Å². The first-order valence-corrected chi connectivity index (χ1v) is 6.27. The quantitative estimate of drug-likeness (QED) is 0.760. The third kappa shape index (κ3) is 2.51. The molecule has 7 heteroatoms. The monoisotopic (exact) mass is 248 g/mol. The fourth-order valence-corrected chi connectivity index (χ4v) is 2.85. The number of nitriles is 1. The Hall–Kier alpha value is -1.13. The molecule has 92 valence electrons. The van der Waals surface area contributed by atoms with Gasteiger partial charge >= 0.3 is 5.97 Å². The molecule has 0 radical (unpaired) electrons. The predicted octanol–water partition coefficient (Wildman–Crippen LogP) is 0.413. The molecule has 1 atom stereocenters. The maximum absolute atomic E-state index is 11.9. The number of likely N-dealkylation sites (N-methyl/N-ethyl adjacent to an activating group) is 1. The molecule has 6 nitrogen and oxygen atoms in total. The number of aliphatic carboxylic acids is 1. The summed E-state index contributed by atoms with van der Waals surface area (Å²) < 4.78 is 24.6. The zero-order valence-corrected chi connectivity index (χ0v) is 10.6. The first kappa shape index (κ1) is 14.9. The number of carboxylic acid groups (broad SMARTS) is 1. The zero-order valence-electron chi connectivity index (χ0n) is 9.76. The highest BCUT2D eigenvalue weighted by molar-refractivity contribution is 7.90. The molecule has 0 aliphatic rings. The van der Waals surface area contributed by atoms with Crippen molar-refractivity contribution in [2.24, 2.45) is 0 Å². The van der Waals surface area contributed by atoms with Gasteiger partial charge in [-0.05, 0) is 20.8 Å². The summed E-state index contributed by atoms with van der Waals surface area (Å²) in [4.78, 5) is 11.0. The van der Waals surface area contributed by atoms with Crippen molar-refractivity contribution in [2.75, 3.05) is 6.54 Å². The van der Waals surface area contributed by atoms with Gasteiger partial charge < -0.3 is 5.11 Å². The van der Waals surface area contributed by atoms with E-state index in [0.29, 0.717) is 0 Å². The van der Waals surface area contributed by atoms with Crippen LogP contribution in [0.25, 0.3) is 0 Å². The molecule has 0 heterocycles. The van der Waals surface area contributed by atoms with Crippen LogP contribution in [0.3, 0.4) is 0 Å². The molecule has 0 aliphatic heterocycles. The van der Waals surface area contributed by atoms with E-state index in [1.165, 1.54) is 27.7 Å². The summed E-state index contributed by atoms with van der Waals surface area (Å²) >= 11 is 0. The maximum atomic E-state index is 11.9. The average molecular weight is 248 g/mol. The molecule has 0 saturated carbocycles. The standard InChI is InChI=1S/C9H16N2O4S/c1-5-11(9(3,4)8(12)13)16(14,15)7(2)6-10/h7H,5H2,1-4H3,(H,12,13). The Labute approximate surface area is 95.5 Å². The summed E-state index contributed by atoms with van der Waals surface area (Å²) in [6.07, 6.45) is 0. The van der Waals surface area contributed by atoms with Gasteiger partial charge in [0.05, 0.1) is 6.07 Å². The Morgan fingerprint density at radius 1 is 1.56 bits per heavy atom. The molecule has 0 rings (SSSR count). The molecular formula is C9H16N2O4S. The summed E-state index contributed by atoms with van der Waals surface area (Å²) in [5.74, 6) is -1.25. The van der Waals surface area contributed by atoms with Crippen LogP contribution in [-0.2, 0) is 14.8 Å². The van der Waals surface area contributed by atoms with Crippen molar-refractivity contribution in [3.63, 3.8) is 0 Å². The number of nitrogens with zero attached hydrogens (tertiary/aromatic N) is 2. The number of carbonyl (C=O) groups is 1. The normalized spacial score (nSPS) is 14.5. The van der Waals surface area contributed by atoms with Gasteiger partial charge in [0, 0.05) is 6.54 Å². The SMILES string of the molecule is CCN(C(C)(C)C(=O)O)S(=O)(=O)C(C)C#N. The van der Waals surface area contributed by atoms with Gasteiger partial charge in [-0.25, -0.2) is 8.42 Å². The van der Waals surface area contributed by atoms with E-state index in [9.17, 15) is 13.2 Å². The highest BCUT2D eigenvalue weighted by Crippen LogP contribution is 2.21.